The molecule has 0 saturated heterocycles. The van der Waals surface area contributed by atoms with E-state index in [2.05, 4.69) is 21.0 Å². The Bertz CT molecular complexity index is 898. The third-order valence-electron chi connectivity index (χ3n) is 3.84. The Morgan fingerprint density at radius 3 is 2.17 bits per heavy atom. The van der Waals surface area contributed by atoms with Gasteiger partial charge in [0.15, 0.2) is 5.69 Å². The van der Waals surface area contributed by atoms with Gasteiger partial charge in [-0.3, -0.25) is 0 Å². The molecule has 124 valence electrons. The molecule has 24 heavy (non-hydrogen) atoms. The van der Waals surface area contributed by atoms with E-state index in [0.29, 0.717) is 5.69 Å². The molecule has 0 radical (unpaired) electrons. The van der Waals surface area contributed by atoms with Crippen LogP contribution in [0.4, 0.5) is 13.2 Å². The summed E-state index contributed by atoms with van der Waals surface area (Å²) in [5, 5.41) is 3.77. The summed E-state index contributed by atoms with van der Waals surface area (Å²) < 4.78 is 40.5. The number of benzene rings is 2. The summed E-state index contributed by atoms with van der Waals surface area (Å²) >= 11 is 3.21. The van der Waals surface area contributed by atoms with Crippen molar-refractivity contribution in [3.8, 4) is 16.8 Å². The number of hydrogen-bond donors (Lipinski definition) is 0. The van der Waals surface area contributed by atoms with Crippen molar-refractivity contribution in [2.24, 2.45) is 0 Å². The van der Waals surface area contributed by atoms with Crippen molar-refractivity contribution < 1.29 is 13.2 Å². The third-order valence-corrected chi connectivity index (χ3v) is 4.41. The number of hydrogen-bond acceptors (Lipinski definition) is 1. The maximum Gasteiger partial charge on any atom is 0.435 e. The molecule has 0 aliphatic rings. The van der Waals surface area contributed by atoms with Gasteiger partial charge in [0.2, 0.25) is 0 Å². The monoisotopic (exact) mass is 394 g/mol. The molecule has 3 rings (SSSR count). The first-order chi connectivity index (χ1) is 11.3. The van der Waals surface area contributed by atoms with Crippen LogP contribution in [0.2, 0.25) is 0 Å². The minimum Gasteiger partial charge on any atom is -0.225 e. The second kappa shape index (κ2) is 6.09. The van der Waals surface area contributed by atoms with Crippen molar-refractivity contribution in [1.82, 2.24) is 9.78 Å². The molecule has 0 aliphatic carbocycles. The summed E-state index contributed by atoms with van der Waals surface area (Å²) in [6, 6.07) is 14.4. The normalized spacial score (nSPS) is 11.8. The maximum atomic E-state index is 13.0. The molecular weight excluding hydrogens is 381 g/mol. The quantitative estimate of drug-likeness (QED) is 0.525. The van der Waals surface area contributed by atoms with E-state index in [1.54, 1.807) is 0 Å². The zero-order valence-electron chi connectivity index (χ0n) is 13.0. The molecule has 0 unspecified atom stereocenters. The molecule has 1 aromatic heterocycles. The van der Waals surface area contributed by atoms with Crippen LogP contribution in [0.15, 0.2) is 53.1 Å². The Morgan fingerprint density at radius 2 is 1.54 bits per heavy atom. The summed E-state index contributed by atoms with van der Waals surface area (Å²) in [7, 11) is 0. The van der Waals surface area contributed by atoms with E-state index >= 15 is 0 Å². The van der Waals surface area contributed by atoms with Gasteiger partial charge >= 0.3 is 6.18 Å². The van der Waals surface area contributed by atoms with E-state index < -0.39 is 11.9 Å². The fourth-order valence-electron chi connectivity index (χ4n) is 2.69. The van der Waals surface area contributed by atoms with E-state index in [0.717, 1.165) is 28.3 Å². The molecule has 6 heteroatoms. The van der Waals surface area contributed by atoms with Crippen LogP contribution >= 0.6 is 15.9 Å². The van der Waals surface area contributed by atoms with Gasteiger partial charge in [0.05, 0.1) is 5.69 Å². The van der Waals surface area contributed by atoms with Gasteiger partial charge in [0.25, 0.3) is 0 Å². The molecule has 0 atom stereocenters. The van der Waals surface area contributed by atoms with Crippen LogP contribution in [-0.2, 0) is 6.18 Å². The predicted molar refractivity (Wildman–Crippen MR) is 91.2 cm³/mol. The van der Waals surface area contributed by atoms with Crippen molar-refractivity contribution in [2.45, 2.75) is 20.0 Å². The van der Waals surface area contributed by atoms with Crippen molar-refractivity contribution in [3.05, 3.63) is 70.0 Å². The molecule has 1 heterocycles. The van der Waals surface area contributed by atoms with Crippen molar-refractivity contribution in [2.75, 3.05) is 0 Å². The minimum absolute atomic E-state index is 0.263. The summed E-state index contributed by atoms with van der Waals surface area (Å²) in [5.41, 5.74) is 3.40. The van der Waals surface area contributed by atoms with Gasteiger partial charge in [-0.05, 0) is 46.5 Å². The number of para-hydroxylation sites is 1. The molecule has 0 N–H and O–H groups in total. The third kappa shape index (κ3) is 2.98. The minimum atomic E-state index is -4.49. The van der Waals surface area contributed by atoms with E-state index in [-0.39, 0.29) is 4.60 Å². The van der Waals surface area contributed by atoms with E-state index in [1.807, 2.05) is 56.3 Å². The number of alkyl halides is 3. The van der Waals surface area contributed by atoms with E-state index in [4.69, 9.17) is 0 Å². The SMILES string of the molecule is Cc1ccccc1-c1cccc(C)c1-n1nc(C(F)(F)F)cc1Br. The smallest absolute Gasteiger partial charge is 0.225 e. The fraction of sp³-hybridized carbons (Fsp3) is 0.167. The van der Waals surface area contributed by atoms with Gasteiger partial charge in [-0.25, -0.2) is 4.68 Å². The topological polar surface area (TPSA) is 17.8 Å². The fourth-order valence-corrected chi connectivity index (χ4v) is 3.16. The van der Waals surface area contributed by atoms with E-state index in [9.17, 15) is 13.2 Å². The molecule has 3 aromatic rings. The molecule has 0 amide bonds. The lowest BCUT2D eigenvalue weighted by Crippen LogP contribution is -2.08. The molecule has 2 nitrogen and oxygen atoms in total. The summed E-state index contributed by atoms with van der Waals surface area (Å²) in [6.07, 6.45) is -4.49. The Labute approximate surface area is 146 Å². The standard InChI is InChI=1S/C18H14BrF3N2/c1-11-6-3-4-8-13(11)14-9-5-7-12(2)17(14)24-16(19)10-15(23-24)18(20,21)22/h3-10H,1-2H3. The van der Waals surface area contributed by atoms with Gasteiger partial charge in [0, 0.05) is 11.6 Å². The van der Waals surface area contributed by atoms with Crippen molar-refractivity contribution >= 4 is 15.9 Å². The van der Waals surface area contributed by atoms with Gasteiger partial charge < -0.3 is 0 Å². The second-order valence-corrected chi connectivity index (χ2v) is 6.36. The molecule has 0 bridgehead atoms. The molecule has 0 spiro atoms. The number of aromatic nitrogens is 2. The zero-order valence-corrected chi connectivity index (χ0v) is 14.6. The summed E-state index contributed by atoms with van der Waals surface area (Å²) in [5.74, 6) is 0. The first-order valence-electron chi connectivity index (χ1n) is 7.28. The average molecular weight is 395 g/mol. The van der Waals surface area contributed by atoms with Crippen molar-refractivity contribution in [1.29, 1.82) is 0 Å². The largest absolute Gasteiger partial charge is 0.435 e. The van der Waals surface area contributed by atoms with Gasteiger partial charge in [0.1, 0.15) is 4.60 Å². The Balaban J connectivity index is 2.27. The lowest BCUT2D eigenvalue weighted by molar-refractivity contribution is -0.141. The van der Waals surface area contributed by atoms with E-state index in [1.165, 1.54) is 4.68 Å². The number of nitrogens with zero attached hydrogens (tertiary/aromatic N) is 2. The van der Waals surface area contributed by atoms with Gasteiger partial charge in [-0.15, -0.1) is 0 Å². The highest BCUT2D eigenvalue weighted by molar-refractivity contribution is 9.10. The molecule has 0 fully saturated rings. The lowest BCUT2D eigenvalue weighted by Gasteiger charge is -2.15. The Morgan fingerprint density at radius 1 is 0.917 bits per heavy atom. The predicted octanol–water partition coefficient (Wildman–Crippen LogP) is 5.94. The highest BCUT2D eigenvalue weighted by Gasteiger charge is 2.35. The first kappa shape index (κ1) is 16.8. The van der Waals surface area contributed by atoms with Crippen molar-refractivity contribution in [3.63, 3.8) is 0 Å². The van der Waals surface area contributed by atoms with Crippen LogP contribution in [0, 0.1) is 13.8 Å². The van der Waals surface area contributed by atoms with Crippen LogP contribution in [0.3, 0.4) is 0 Å². The second-order valence-electron chi connectivity index (χ2n) is 5.55. The number of rotatable bonds is 2. The van der Waals surface area contributed by atoms with Crippen LogP contribution in [-0.4, -0.2) is 9.78 Å². The highest BCUT2D eigenvalue weighted by atomic mass is 79.9. The Hall–Kier alpha value is -2.08. The number of halogens is 4. The lowest BCUT2D eigenvalue weighted by atomic mass is 9.97. The Kier molecular flexibility index (Phi) is 4.25. The highest BCUT2D eigenvalue weighted by Crippen LogP contribution is 2.36. The molecular formula is C18H14BrF3N2. The summed E-state index contributed by atoms with van der Waals surface area (Å²) in [6.45, 7) is 3.83. The zero-order chi connectivity index (χ0) is 17.5. The van der Waals surface area contributed by atoms with Crippen LogP contribution < -0.4 is 0 Å². The van der Waals surface area contributed by atoms with Gasteiger partial charge in [-0.2, -0.15) is 18.3 Å². The number of aryl methyl sites for hydroxylation is 2. The van der Waals surface area contributed by atoms with Crippen LogP contribution in [0.1, 0.15) is 16.8 Å². The maximum absolute atomic E-state index is 13.0. The van der Waals surface area contributed by atoms with Gasteiger partial charge in [-0.1, -0.05) is 42.5 Å². The van der Waals surface area contributed by atoms with Crippen LogP contribution in [0.25, 0.3) is 16.8 Å². The molecule has 2 aromatic carbocycles. The van der Waals surface area contributed by atoms with Crippen LogP contribution in [0.5, 0.6) is 0 Å². The molecule has 0 aliphatic heterocycles. The first-order valence-corrected chi connectivity index (χ1v) is 8.07. The molecule has 0 saturated carbocycles. The average Bonchev–Trinajstić information content (AvgIpc) is 2.89. The summed E-state index contributed by atoms with van der Waals surface area (Å²) in [4.78, 5) is 0.